The van der Waals surface area contributed by atoms with Gasteiger partial charge in [-0.25, -0.2) is 4.79 Å². The summed E-state index contributed by atoms with van der Waals surface area (Å²) in [5, 5.41) is 11.7. The van der Waals surface area contributed by atoms with Gasteiger partial charge in [-0.3, -0.25) is 9.59 Å². The molecule has 2 N–H and O–H groups in total. The molecule has 0 aliphatic carbocycles. The fourth-order valence-corrected chi connectivity index (χ4v) is 4.88. The molecular formula is C29H42N2O9. The number of nitrogens with zero attached hydrogens (tertiary/aromatic N) is 1. The lowest BCUT2D eigenvalue weighted by atomic mass is 9.81. The predicted molar refractivity (Wildman–Crippen MR) is 145 cm³/mol. The van der Waals surface area contributed by atoms with Crippen molar-refractivity contribution in [3.05, 3.63) is 47.2 Å². The van der Waals surface area contributed by atoms with Crippen LogP contribution in [-0.2, 0) is 33.3 Å². The molecule has 0 saturated carbocycles. The van der Waals surface area contributed by atoms with Crippen LogP contribution in [0.4, 0.5) is 0 Å². The highest BCUT2D eigenvalue weighted by atomic mass is 16.7. The molecule has 222 valence electrons. The Hall–Kier alpha value is -2.99. The number of hydrogen-bond donors (Lipinski definition) is 2. The van der Waals surface area contributed by atoms with Gasteiger partial charge in [0.1, 0.15) is 0 Å². The summed E-state index contributed by atoms with van der Waals surface area (Å²) in [6.07, 6.45) is 3.84. The van der Waals surface area contributed by atoms with Crippen molar-refractivity contribution in [2.24, 2.45) is 5.92 Å². The van der Waals surface area contributed by atoms with Gasteiger partial charge in [-0.1, -0.05) is 12.1 Å². The third-order valence-corrected chi connectivity index (χ3v) is 6.92. The zero-order valence-electron chi connectivity index (χ0n) is 23.5. The summed E-state index contributed by atoms with van der Waals surface area (Å²) in [5.74, 6) is -0.839. The number of likely N-dealkylation sites (tertiary alicyclic amines) is 1. The van der Waals surface area contributed by atoms with Crippen LogP contribution in [0.25, 0.3) is 0 Å². The van der Waals surface area contributed by atoms with Crippen molar-refractivity contribution in [1.29, 1.82) is 0 Å². The molecule has 3 atom stereocenters. The molecule has 1 saturated heterocycles. The van der Waals surface area contributed by atoms with Gasteiger partial charge in [-0.2, -0.15) is 0 Å². The highest BCUT2D eigenvalue weighted by Crippen LogP contribution is 2.39. The van der Waals surface area contributed by atoms with Gasteiger partial charge < -0.3 is 39.0 Å². The minimum Gasteiger partial charge on any atom is -0.465 e. The number of methoxy groups -OCH3 is 1. The molecule has 11 nitrogen and oxygen atoms in total. The van der Waals surface area contributed by atoms with Crippen LogP contribution in [0, 0.1) is 5.92 Å². The van der Waals surface area contributed by atoms with Crippen LogP contribution < -0.4 is 5.32 Å². The number of aliphatic hydroxyl groups excluding tert-OH is 1. The molecule has 0 radical (unpaired) electrons. The Balaban J connectivity index is 1.71. The number of esters is 1. The monoisotopic (exact) mass is 562 g/mol. The van der Waals surface area contributed by atoms with Crippen LogP contribution in [0.3, 0.4) is 0 Å². The topological polar surface area (TPSA) is 133 Å². The summed E-state index contributed by atoms with van der Waals surface area (Å²) in [7, 11) is 1.34. The van der Waals surface area contributed by atoms with Crippen molar-refractivity contribution in [3.63, 3.8) is 0 Å². The Morgan fingerprint density at radius 2 is 1.88 bits per heavy atom. The zero-order chi connectivity index (χ0) is 28.7. The van der Waals surface area contributed by atoms with Crippen LogP contribution in [0.1, 0.15) is 54.4 Å². The van der Waals surface area contributed by atoms with Crippen LogP contribution >= 0.6 is 0 Å². The summed E-state index contributed by atoms with van der Waals surface area (Å²) in [6.45, 7) is 5.48. The number of carbonyl (C=O) groups is 3. The molecule has 2 amide bonds. The fourth-order valence-electron chi connectivity index (χ4n) is 4.88. The first kappa shape index (κ1) is 31.5. The van der Waals surface area contributed by atoms with E-state index in [0.29, 0.717) is 64.3 Å². The van der Waals surface area contributed by atoms with Crippen LogP contribution in [0.2, 0.25) is 0 Å². The average Bonchev–Trinajstić information content (AvgIpc) is 3.39. The number of hydrogen-bond acceptors (Lipinski definition) is 9. The smallest absolute Gasteiger partial charge is 0.337 e. The van der Waals surface area contributed by atoms with Crippen molar-refractivity contribution in [1.82, 2.24) is 10.2 Å². The quantitative estimate of drug-likeness (QED) is 0.216. The summed E-state index contributed by atoms with van der Waals surface area (Å²) in [6, 6.07) is 7.10. The Morgan fingerprint density at radius 1 is 1.12 bits per heavy atom. The number of allylic oxidation sites excluding steroid dienone is 1. The molecule has 1 fully saturated rings. The summed E-state index contributed by atoms with van der Waals surface area (Å²) >= 11 is 0. The first-order chi connectivity index (χ1) is 19.5. The lowest BCUT2D eigenvalue weighted by Gasteiger charge is -2.37. The lowest BCUT2D eigenvalue weighted by molar-refractivity contribution is -0.168. The molecule has 11 heteroatoms. The number of amides is 2. The second kappa shape index (κ2) is 17.0. The van der Waals surface area contributed by atoms with Gasteiger partial charge in [0.2, 0.25) is 12.2 Å². The van der Waals surface area contributed by atoms with E-state index in [1.54, 1.807) is 18.2 Å². The average molecular weight is 563 g/mol. The zero-order valence-corrected chi connectivity index (χ0v) is 23.5. The summed E-state index contributed by atoms with van der Waals surface area (Å²) in [4.78, 5) is 38.7. The number of rotatable bonds is 17. The van der Waals surface area contributed by atoms with Crippen LogP contribution in [0.5, 0.6) is 0 Å². The molecule has 2 aliphatic heterocycles. The Labute approximate surface area is 235 Å². The van der Waals surface area contributed by atoms with E-state index in [2.05, 4.69) is 5.32 Å². The minimum atomic E-state index is -0.683. The molecule has 2 heterocycles. The molecule has 0 spiro atoms. The van der Waals surface area contributed by atoms with Crippen molar-refractivity contribution >= 4 is 17.8 Å². The van der Waals surface area contributed by atoms with Gasteiger partial charge >= 0.3 is 5.97 Å². The van der Waals surface area contributed by atoms with Gasteiger partial charge in [-0.15, -0.1) is 0 Å². The van der Waals surface area contributed by atoms with Crippen molar-refractivity contribution in [3.8, 4) is 0 Å². The Bertz CT molecular complexity index is 982. The fraction of sp³-hybridized carbons (Fsp3) is 0.621. The number of carbonyl (C=O) groups excluding carboxylic acids is 3. The van der Waals surface area contributed by atoms with Gasteiger partial charge in [0.15, 0.2) is 5.76 Å². The van der Waals surface area contributed by atoms with Gasteiger partial charge in [0.25, 0.3) is 5.91 Å². The highest BCUT2D eigenvalue weighted by Gasteiger charge is 2.38. The van der Waals surface area contributed by atoms with Gasteiger partial charge in [0, 0.05) is 51.1 Å². The van der Waals surface area contributed by atoms with E-state index >= 15 is 0 Å². The van der Waals surface area contributed by atoms with Crippen molar-refractivity contribution in [2.75, 3.05) is 66.4 Å². The standard InChI is InChI=1S/C29H42N2O9/c1-3-39-29-23(11-16-37-18-19-38-17-15-32)24(21-7-9-22(10-8-21)28(35)36-2)20-25(40-29)27(34)30-12-5-14-31-13-4-6-26(31)33/h7-10,20,23-24,29,32H,3-6,11-19H2,1-2H3,(H,30,34)/t23-,24-,29-/m0/s1. The first-order valence-electron chi connectivity index (χ1n) is 14.0. The van der Waals surface area contributed by atoms with Gasteiger partial charge in [-0.05, 0) is 50.0 Å². The van der Waals surface area contributed by atoms with Crippen LogP contribution in [0.15, 0.2) is 36.1 Å². The molecule has 40 heavy (non-hydrogen) atoms. The van der Waals surface area contributed by atoms with Crippen molar-refractivity contribution in [2.45, 2.75) is 44.8 Å². The molecule has 1 aromatic carbocycles. The molecule has 3 rings (SSSR count). The SMILES string of the molecule is CCO[C@H]1OC(C(=O)NCCCN2CCCC2=O)=C[C@@H](c2ccc(C(=O)OC)cc2)[C@@H]1CCOCCOCCO. The normalized spacial score (nSPS) is 20.7. The molecule has 0 unspecified atom stereocenters. The third kappa shape index (κ3) is 9.29. The first-order valence-corrected chi connectivity index (χ1v) is 14.0. The summed E-state index contributed by atoms with van der Waals surface area (Å²) in [5.41, 5.74) is 1.33. The molecular weight excluding hydrogens is 520 g/mol. The molecule has 2 aliphatic rings. The molecule has 0 bridgehead atoms. The lowest BCUT2D eigenvalue weighted by Crippen LogP contribution is -2.40. The van der Waals surface area contributed by atoms with E-state index in [9.17, 15) is 14.4 Å². The van der Waals surface area contributed by atoms with Crippen LogP contribution in [-0.4, -0.2) is 100 Å². The van der Waals surface area contributed by atoms with E-state index in [1.165, 1.54) is 7.11 Å². The summed E-state index contributed by atoms with van der Waals surface area (Å²) < 4.78 is 27.8. The Kier molecular flexibility index (Phi) is 13.4. The maximum atomic E-state index is 13.1. The van der Waals surface area contributed by atoms with E-state index in [0.717, 1.165) is 18.5 Å². The van der Waals surface area contributed by atoms with E-state index in [1.807, 2.05) is 24.0 Å². The van der Waals surface area contributed by atoms with Crippen molar-refractivity contribution < 1.29 is 43.2 Å². The third-order valence-electron chi connectivity index (χ3n) is 6.92. The minimum absolute atomic E-state index is 0.0355. The molecule has 0 aromatic heterocycles. The maximum absolute atomic E-state index is 13.1. The van der Waals surface area contributed by atoms with E-state index in [4.69, 9.17) is 28.8 Å². The number of aliphatic hydroxyl groups is 1. The number of benzene rings is 1. The predicted octanol–water partition coefficient (Wildman–Crippen LogP) is 1.99. The van der Waals surface area contributed by atoms with E-state index in [-0.39, 0.29) is 42.6 Å². The molecule has 1 aromatic rings. The number of nitrogens with one attached hydrogen (secondary N) is 1. The Morgan fingerprint density at radius 3 is 2.52 bits per heavy atom. The van der Waals surface area contributed by atoms with Gasteiger partial charge in [0.05, 0.1) is 39.1 Å². The second-order valence-electron chi connectivity index (χ2n) is 9.61. The second-order valence-corrected chi connectivity index (χ2v) is 9.61. The number of ether oxygens (including phenoxy) is 5. The van der Waals surface area contributed by atoms with E-state index < -0.39 is 12.3 Å². The maximum Gasteiger partial charge on any atom is 0.337 e. The highest BCUT2D eigenvalue weighted by molar-refractivity contribution is 5.92. The largest absolute Gasteiger partial charge is 0.465 e.